The molecule has 252 valence electrons. The van der Waals surface area contributed by atoms with Crippen LogP contribution in [0.3, 0.4) is 0 Å². The molecule has 7 rings (SSSR count). The summed E-state index contributed by atoms with van der Waals surface area (Å²) in [5.74, 6) is -0.120. The highest BCUT2D eigenvalue weighted by molar-refractivity contribution is 7.21. The molecule has 4 unspecified atom stereocenters. The molecule has 0 aliphatic heterocycles. The first-order valence-corrected chi connectivity index (χ1v) is 18.2. The van der Waals surface area contributed by atoms with Crippen LogP contribution in [0, 0.1) is 5.41 Å². The van der Waals surface area contributed by atoms with Crippen molar-refractivity contribution in [3.8, 4) is 0 Å². The lowest BCUT2D eigenvalue weighted by atomic mass is 9.64. The second-order valence-corrected chi connectivity index (χ2v) is 15.2. The zero-order valence-corrected chi connectivity index (χ0v) is 29.2. The van der Waals surface area contributed by atoms with E-state index in [1.54, 1.807) is 4.90 Å². The number of aliphatic hydroxyl groups is 2. The number of allylic oxidation sites excluding steroid dienone is 2. The lowest BCUT2D eigenvalue weighted by molar-refractivity contribution is -0.0763. The van der Waals surface area contributed by atoms with Crippen LogP contribution in [-0.4, -0.2) is 51.7 Å². The molecule has 1 fully saturated rings. The Bertz CT molecular complexity index is 1770. The van der Waals surface area contributed by atoms with Crippen molar-refractivity contribution in [1.29, 1.82) is 0 Å². The summed E-state index contributed by atoms with van der Waals surface area (Å²) in [5.41, 5.74) is 2.70. The highest BCUT2D eigenvalue weighted by Crippen LogP contribution is 2.59. The first-order chi connectivity index (χ1) is 23.1. The van der Waals surface area contributed by atoms with Crippen molar-refractivity contribution in [2.75, 3.05) is 18.4 Å². The van der Waals surface area contributed by atoms with Gasteiger partial charge in [0.2, 0.25) is 5.78 Å². The lowest BCUT2D eigenvalue weighted by Crippen LogP contribution is -2.54. The molecule has 4 atom stereocenters. The summed E-state index contributed by atoms with van der Waals surface area (Å²) in [6.07, 6.45) is 7.12. The quantitative estimate of drug-likeness (QED) is 0.136. The Morgan fingerprint density at radius 3 is 2.54 bits per heavy atom. The fourth-order valence-electron chi connectivity index (χ4n) is 7.99. The normalized spacial score (nSPS) is 24.5. The number of fused-ring (bicyclic) bond motifs is 9. The second-order valence-electron chi connectivity index (χ2n) is 14.1. The van der Waals surface area contributed by atoms with E-state index in [1.165, 1.54) is 16.9 Å². The molecule has 1 saturated carbocycles. The number of hydrogen-bond donors (Lipinski definition) is 3. The zero-order valence-electron chi connectivity index (χ0n) is 28.4. The predicted octanol–water partition coefficient (Wildman–Crippen LogP) is 9.11. The molecule has 6 nitrogen and oxygen atoms in total. The van der Waals surface area contributed by atoms with E-state index in [-0.39, 0.29) is 24.3 Å². The van der Waals surface area contributed by atoms with E-state index in [0.29, 0.717) is 49.1 Å². The van der Waals surface area contributed by atoms with E-state index in [0.717, 1.165) is 46.2 Å². The van der Waals surface area contributed by atoms with Gasteiger partial charge in [0, 0.05) is 27.9 Å². The fourth-order valence-corrected chi connectivity index (χ4v) is 9.00. The van der Waals surface area contributed by atoms with Crippen LogP contribution in [0.2, 0.25) is 0 Å². The van der Waals surface area contributed by atoms with Gasteiger partial charge in [0.1, 0.15) is 0 Å². The smallest absolute Gasteiger partial charge is 0.321 e. The van der Waals surface area contributed by atoms with Crippen LogP contribution in [0.25, 0.3) is 10.1 Å². The molecule has 0 radical (unpaired) electrons. The number of urea groups is 1. The Kier molecular flexibility index (Phi) is 10.2. The van der Waals surface area contributed by atoms with Crippen molar-refractivity contribution < 1.29 is 19.8 Å². The Hall–Kier alpha value is -3.78. The van der Waals surface area contributed by atoms with Gasteiger partial charge in [-0.05, 0) is 111 Å². The van der Waals surface area contributed by atoms with Crippen molar-refractivity contribution >= 4 is 38.9 Å². The zero-order chi connectivity index (χ0) is 33.9. The molecule has 3 aliphatic rings. The van der Waals surface area contributed by atoms with Gasteiger partial charge in [0.15, 0.2) is 0 Å². The van der Waals surface area contributed by atoms with E-state index in [2.05, 4.69) is 37.4 Å². The van der Waals surface area contributed by atoms with Gasteiger partial charge in [-0.25, -0.2) is 4.79 Å². The first-order valence-electron chi connectivity index (χ1n) is 17.4. The number of benzene rings is 3. The van der Waals surface area contributed by atoms with E-state index in [9.17, 15) is 19.8 Å². The second kappa shape index (κ2) is 14.4. The summed E-state index contributed by atoms with van der Waals surface area (Å²) < 4.78 is 1.07. The average Bonchev–Trinajstić information content (AvgIpc) is 3.62. The van der Waals surface area contributed by atoms with Crippen molar-refractivity contribution in [2.45, 2.75) is 89.8 Å². The van der Waals surface area contributed by atoms with Crippen LogP contribution in [0.5, 0.6) is 0 Å². The molecular weight excluding hydrogens is 617 g/mol. The summed E-state index contributed by atoms with van der Waals surface area (Å²) in [5, 5.41) is 27.8. The Morgan fingerprint density at radius 1 is 1.00 bits per heavy atom. The van der Waals surface area contributed by atoms with Crippen LogP contribution in [0.4, 0.5) is 10.5 Å². The standard InChI is InChI=1S/C41H48N2O4S/c1-4-23-43(39(46)42-31-13-6-5-7-14-31)27-41(47)22-20-35-33-19-17-29(24-32(44)18-16-28(2)11-10-21-40(35,41)3)25-34(33)38(45)37-26-30-12-8-9-15-36(30)48-37/h5-9,11-15,17,19,25-26,32,35,44,47H,4,10,16,18,20-24,27H2,1-3H3,(H,42,46). The lowest BCUT2D eigenvalue weighted by Gasteiger charge is -2.46. The van der Waals surface area contributed by atoms with Crippen molar-refractivity contribution in [2.24, 2.45) is 5.41 Å². The average molecular weight is 665 g/mol. The number of rotatable bonds is 7. The molecule has 0 saturated heterocycles. The molecule has 7 heteroatoms. The number of thiophene rings is 1. The molecular formula is C41H48N2O4S. The predicted molar refractivity (Wildman–Crippen MR) is 196 cm³/mol. The van der Waals surface area contributed by atoms with Gasteiger partial charge in [0.05, 0.1) is 23.1 Å². The van der Waals surface area contributed by atoms with Gasteiger partial charge in [0.25, 0.3) is 0 Å². The van der Waals surface area contributed by atoms with Gasteiger partial charge in [-0.3, -0.25) is 4.79 Å². The Morgan fingerprint density at radius 2 is 1.77 bits per heavy atom. The number of aliphatic hydroxyl groups excluding tert-OH is 1. The van der Waals surface area contributed by atoms with Gasteiger partial charge in [-0.15, -0.1) is 11.3 Å². The Balaban J connectivity index is 1.41. The number of ketones is 1. The van der Waals surface area contributed by atoms with Crippen LogP contribution in [0.15, 0.2) is 90.5 Å². The summed E-state index contributed by atoms with van der Waals surface area (Å²) in [4.78, 5) is 30.6. The van der Waals surface area contributed by atoms with E-state index >= 15 is 0 Å². The third-order valence-corrected chi connectivity index (χ3v) is 11.9. The largest absolute Gasteiger partial charge is 0.393 e. The molecule has 2 bridgehead atoms. The monoisotopic (exact) mass is 664 g/mol. The van der Waals surface area contributed by atoms with E-state index < -0.39 is 17.1 Å². The maximum atomic E-state index is 14.5. The minimum absolute atomic E-state index is 0.0157. The molecule has 3 aliphatic carbocycles. The van der Waals surface area contributed by atoms with Crippen LogP contribution < -0.4 is 5.32 Å². The van der Waals surface area contributed by atoms with Gasteiger partial charge >= 0.3 is 6.03 Å². The molecule has 2 amide bonds. The summed E-state index contributed by atoms with van der Waals surface area (Å²) in [7, 11) is 0. The SMILES string of the molecule is CCCN(CC1(O)CCC2c3ccc(cc3C(=O)c3cc4ccccc4s3)CC(O)CCC(C)=CCCC21C)C(=O)Nc1ccccc1. The number of para-hydroxylation sites is 1. The van der Waals surface area contributed by atoms with Gasteiger partial charge < -0.3 is 20.4 Å². The maximum Gasteiger partial charge on any atom is 0.321 e. The molecule has 3 N–H and O–H groups in total. The van der Waals surface area contributed by atoms with Gasteiger partial charge in [-0.2, -0.15) is 0 Å². The van der Waals surface area contributed by atoms with Crippen molar-refractivity contribution in [3.05, 3.63) is 112 Å². The minimum Gasteiger partial charge on any atom is -0.393 e. The highest BCUT2D eigenvalue weighted by Gasteiger charge is 2.57. The van der Waals surface area contributed by atoms with Crippen molar-refractivity contribution in [3.63, 3.8) is 0 Å². The number of carbonyl (C=O) groups excluding carboxylic acids is 2. The Labute approximate surface area is 288 Å². The summed E-state index contributed by atoms with van der Waals surface area (Å²) in [6.45, 7) is 7.06. The molecule has 1 aromatic heterocycles. The third-order valence-electron chi connectivity index (χ3n) is 10.8. The molecule has 4 aromatic rings. The number of nitrogens with one attached hydrogen (secondary N) is 1. The summed E-state index contributed by atoms with van der Waals surface area (Å²) >= 11 is 1.51. The maximum absolute atomic E-state index is 14.5. The number of carbonyl (C=O) groups is 2. The topological polar surface area (TPSA) is 89.9 Å². The first kappa shape index (κ1) is 34.1. The molecule has 48 heavy (non-hydrogen) atoms. The molecule has 1 heterocycles. The summed E-state index contributed by atoms with van der Waals surface area (Å²) in [6, 6.07) is 25.4. The van der Waals surface area contributed by atoms with Gasteiger partial charge in [-0.1, -0.05) is 74.0 Å². The van der Waals surface area contributed by atoms with Crippen LogP contribution >= 0.6 is 11.3 Å². The van der Waals surface area contributed by atoms with E-state index in [4.69, 9.17) is 0 Å². The highest BCUT2D eigenvalue weighted by atomic mass is 32.1. The fraction of sp³-hybridized carbons (Fsp3) is 0.415. The molecule has 0 spiro atoms. The molecule has 3 aromatic carbocycles. The third kappa shape index (κ3) is 7.00. The minimum atomic E-state index is -1.17. The number of anilines is 1. The van der Waals surface area contributed by atoms with Crippen molar-refractivity contribution in [1.82, 2.24) is 4.90 Å². The number of amides is 2. The number of nitrogens with zero attached hydrogens (tertiary/aromatic N) is 1. The van der Waals surface area contributed by atoms with Crippen LogP contribution in [-0.2, 0) is 6.42 Å². The number of hydrogen-bond acceptors (Lipinski definition) is 5. The van der Waals surface area contributed by atoms with Crippen LogP contribution in [0.1, 0.15) is 98.0 Å². The van der Waals surface area contributed by atoms with E-state index in [1.807, 2.05) is 73.7 Å².